The molecule has 21 heavy (non-hydrogen) atoms. The van der Waals surface area contributed by atoms with Gasteiger partial charge < -0.3 is 10.4 Å². The molecule has 1 rings (SSSR count). The predicted octanol–water partition coefficient (Wildman–Crippen LogP) is 3.04. The van der Waals surface area contributed by atoms with Gasteiger partial charge in [0.1, 0.15) is 5.69 Å². The Labute approximate surface area is 120 Å². The first-order valence-electron chi connectivity index (χ1n) is 6.36. The maximum atomic E-state index is 12.5. The van der Waals surface area contributed by atoms with Crippen molar-refractivity contribution in [3.05, 3.63) is 18.0 Å². The number of aromatic nitrogens is 2. The normalized spacial score (nSPS) is 13.8. The molecule has 0 spiro atoms. The third-order valence-electron chi connectivity index (χ3n) is 2.66. The monoisotopic (exact) mass is 305 g/mol. The Morgan fingerprint density at radius 1 is 1.38 bits per heavy atom. The number of carboxylic acid groups (broad SMARTS) is 1. The highest BCUT2D eigenvalue weighted by Gasteiger charge is 2.33. The molecule has 1 atom stereocenters. The van der Waals surface area contributed by atoms with Crippen LogP contribution in [-0.2, 0) is 11.0 Å². The maximum Gasteiger partial charge on any atom is 0.433 e. The van der Waals surface area contributed by atoms with Gasteiger partial charge in [-0.1, -0.05) is 20.8 Å². The molecule has 5 nitrogen and oxygen atoms in total. The molecule has 1 aromatic heterocycles. The minimum Gasteiger partial charge on any atom is -0.481 e. The van der Waals surface area contributed by atoms with E-state index in [1.807, 2.05) is 20.8 Å². The van der Waals surface area contributed by atoms with Crippen LogP contribution < -0.4 is 5.32 Å². The SMILES string of the molecule is CC(C)(C)CC(CNc1nccc(C(F)(F)F)n1)C(=O)O. The van der Waals surface area contributed by atoms with Crippen molar-refractivity contribution in [3.63, 3.8) is 0 Å². The van der Waals surface area contributed by atoms with E-state index in [0.717, 1.165) is 12.3 Å². The highest BCUT2D eigenvalue weighted by Crippen LogP contribution is 2.28. The minimum absolute atomic E-state index is 0.0338. The lowest BCUT2D eigenvalue weighted by atomic mass is 9.84. The fourth-order valence-electron chi connectivity index (χ4n) is 1.80. The molecule has 0 saturated carbocycles. The van der Waals surface area contributed by atoms with Crippen LogP contribution >= 0.6 is 0 Å². The van der Waals surface area contributed by atoms with Crippen molar-refractivity contribution < 1.29 is 23.1 Å². The summed E-state index contributed by atoms with van der Waals surface area (Å²) in [5.41, 5.74) is -1.28. The van der Waals surface area contributed by atoms with E-state index in [0.29, 0.717) is 6.42 Å². The molecule has 0 aliphatic carbocycles. The second kappa shape index (κ2) is 6.28. The van der Waals surface area contributed by atoms with E-state index in [2.05, 4.69) is 15.3 Å². The van der Waals surface area contributed by atoms with Gasteiger partial charge in [0.15, 0.2) is 0 Å². The minimum atomic E-state index is -4.56. The largest absolute Gasteiger partial charge is 0.481 e. The highest BCUT2D eigenvalue weighted by atomic mass is 19.4. The second-order valence-electron chi connectivity index (χ2n) is 5.94. The Hall–Kier alpha value is -1.86. The van der Waals surface area contributed by atoms with E-state index in [-0.39, 0.29) is 17.9 Å². The van der Waals surface area contributed by atoms with E-state index in [4.69, 9.17) is 5.11 Å². The lowest BCUT2D eigenvalue weighted by molar-refractivity contribution is -0.142. The number of hydrogen-bond donors (Lipinski definition) is 2. The Morgan fingerprint density at radius 2 is 2.00 bits per heavy atom. The van der Waals surface area contributed by atoms with Gasteiger partial charge in [0.25, 0.3) is 0 Å². The summed E-state index contributed by atoms with van der Waals surface area (Å²) in [5, 5.41) is 11.7. The van der Waals surface area contributed by atoms with Gasteiger partial charge in [-0.2, -0.15) is 13.2 Å². The van der Waals surface area contributed by atoms with Crippen LogP contribution in [0, 0.1) is 11.3 Å². The molecule has 0 aliphatic rings. The van der Waals surface area contributed by atoms with Crippen LogP contribution in [0.3, 0.4) is 0 Å². The van der Waals surface area contributed by atoms with E-state index >= 15 is 0 Å². The molecule has 1 heterocycles. The van der Waals surface area contributed by atoms with E-state index < -0.39 is 23.8 Å². The number of carbonyl (C=O) groups is 1. The molecule has 0 aliphatic heterocycles. The zero-order valence-corrected chi connectivity index (χ0v) is 12.0. The summed E-state index contributed by atoms with van der Waals surface area (Å²) in [6, 6.07) is 0.759. The number of hydrogen-bond acceptors (Lipinski definition) is 4. The zero-order valence-electron chi connectivity index (χ0n) is 12.0. The van der Waals surface area contributed by atoms with Crippen molar-refractivity contribution in [2.75, 3.05) is 11.9 Å². The molecule has 0 aromatic carbocycles. The smallest absolute Gasteiger partial charge is 0.433 e. The molecule has 8 heteroatoms. The van der Waals surface area contributed by atoms with Gasteiger partial charge in [-0.15, -0.1) is 0 Å². The number of halogens is 3. The molecule has 0 saturated heterocycles. The molecular formula is C13H18F3N3O2. The molecular weight excluding hydrogens is 287 g/mol. The number of anilines is 1. The summed E-state index contributed by atoms with van der Waals surface area (Å²) >= 11 is 0. The average Bonchev–Trinajstić information content (AvgIpc) is 2.32. The van der Waals surface area contributed by atoms with Crippen molar-refractivity contribution in [1.29, 1.82) is 0 Å². The molecule has 0 bridgehead atoms. The Kier molecular flexibility index (Phi) is 5.14. The number of rotatable bonds is 5. The van der Waals surface area contributed by atoms with Crippen molar-refractivity contribution in [1.82, 2.24) is 9.97 Å². The molecule has 1 aromatic rings. The van der Waals surface area contributed by atoms with Crippen LogP contribution in [0.15, 0.2) is 12.3 Å². The summed E-state index contributed by atoms with van der Waals surface area (Å²) in [7, 11) is 0. The first kappa shape index (κ1) is 17.2. The Balaban J connectivity index is 2.75. The van der Waals surface area contributed by atoms with Crippen LogP contribution in [0.4, 0.5) is 19.1 Å². The van der Waals surface area contributed by atoms with E-state index in [1.165, 1.54) is 0 Å². The number of aliphatic carboxylic acids is 1. The fraction of sp³-hybridized carbons (Fsp3) is 0.615. The topological polar surface area (TPSA) is 75.1 Å². The molecule has 2 N–H and O–H groups in total. The van der Waals surface area contributed by atoms with Crippen LogP contribution in [-0.4, -0.2) is 27.6 Å². The summed E-state index contributed by atoms with van der Waals surface area (Å²) in [5.74, 6) is -1.97. The molecule has 118 valence electrons. The van der Waals surface area contributed by atoms with Crippen LogP contribution in [0.2, 0.25) is 0 Å². The fourth-order valence-corrected chi connectivity index (χ4v) is 1.80. The van der Waals surface area contributed by atoms with Crippen molar-refractivity contribution in [2.24, 2.45) is 11.3 Å². The van der Waals surface area contributed by atoms with Crippen molar-refractivity contribution in [2.45, 2.75) is 33.4 Å². The molecule has 0 amide bonds. The van der Waals surface area contributed by atoms with Gasteiger partial charge in [0.05, 0.1) is 5.92 Å². The maximum absolute atomic E-state index is 12.5. The van der Waals surface area contributed by atoms with Crippen LogP contribution in [0.5, 0.6) is 0 Å². The molecule has 1 unspecified atom stereocenters. The first-order chi connectivity index (χ1) is 9.49. The third-order valence-corrected chi connectivity index (χ3v) is 2.66. The van der Waals surface area contributed by atoms with E-state index in [1.54, 1.807) is 0 Å². The van der Waals surface area contributed by atoms with Crippen molar-refractivity contribution in [3.8, 4) is 0 Å². The van der Waals surface area contributed by atoms with Gasteiger partial charge in [-0.25, -0.2) is 9.97 Å². The van der Waals surface area contributed by atoms with E-state index in [9.17, 15) is 18.0 Å². The van der Waals surface area contributed by atoms with Crippen LogP contribution in [0.25, 0.3) is 0 Å². The summed E-state index contributed by atoms with van der Waals surface area (Å²) in [6.45, 7) is 5.64. The number of alkyl halides is 3. The average molecular weight is 305 g/mol. The molecule has 0 fully saturated rings. The van der Waals surface area contributed by atoms with Crippen LogP contribution in [0.1, 0.15) is 32.9 Å². The standard InChI is InChI=1S/C13H18F3N3O2/c1-12(2,3)6-8(10(20)21)7-18-11-17-5-4-9(19-11)13(14,15)16/h4-5,8H,6-7H2,1-3H3,(H,20,21)(H,17,18,19). The predicted molar refractivity (Wildman–Crippen MR) is 70.7 cm³/mol. The lowest BCUT2D eigenvalue weighted by Gasteiger charge is -2.23. The second-order valence-corrected chi connectivity index (χ2v) is 5.94. The summed E-state index contributed by atoms with van der Waals surface area (Å²) in [4.78, 5) is 18.2. The number of nitrogens with one attached hydrogen (secondary N) is 1. The first-order valence-corrected chi connectivity index (χ1v) is 6.36. The van der Waals surface area contributed by atoms with Gasteiger partial charge in [-0.3, -0.25) is 4.79 Å². The van der Waals surface area contributed by atoms with Gasteiger partial charge >= 0.3 is 12.1 Å². The third kappa shape index (κ3) is 5.97. The quantitative estimate of drug-likeness (QED) is 0.874. The van der Waals surface area contributed by atoms with Crippen molar-refractivity contribution >= 4 is 11.9 Å². The van der Waals surface area contributed by atoms with Gasteiger partial charge in [0, 0.05) is 12.7 Å². The number of nitrogens with zero attached hydrogens (tertiary/aromatic N) is 2. The Morgan fingerprint density at radius 3 is 2.48 bits per heavy atom. The van der Waals surface area contributed by atoms with Gasteiger partial charge in [0.2, 0.25) is 5.95 Å². The highest BCUT2D eigenvalue weighted by molar-refractivity contribution is 5.70. The summed E-state index contributed by atoms with van der Waals surface area (Å²) < 4.78 is 37.5. The molecule has 0 radical (unpaired) electrons. The number of carboxylic acids is 1. The zero-order chi connectivity index (χ0) is 16.3. The lowest BCUT2D eigenvalue weighted by Crippen LogP contribution is -2.28. The summed E-state index contributed by atoms with van der Waals surface area (Å²) in [6.07, 6.45) is -3.19. The Bertz CT molecular complexity index is 498. The van der Waals surface area contributed by atoms with Gasteiger partial charge in [-0.05, 0) is 17.9 Å².